The van der Waals surface area contributed by atoms with Crippen LogP contribution < -0.4 is 4.90 Å². The van der Waals surface area contributed by atoms with Crippen molar-refractivity contribution in [2.45, 2.75) is 19.4 Å². The minimum atomic E-state index is -0.190. The Morgan fingerprint density at radius 1 is 1.04 bits per heavy atom. The number of nitrogens with zero attached hydrogens (tertiary/aromatic N) is 3. The fraction of sp³-hybridized carbons (Fsp3) is 0.350. The fourth-order valence-electron chi connectivity index (χ4n) is 3.57. The zero-order valence-electron chi connectivity index (χ0n) is 14.1. The van der Waals surface area contributed by atoms with E-state index >= 15 is 0 Å². The van der Waals surface area contributed by atoms with E-state index in [0.29, 0.717) is 18.0 Å². The van der Waals surface area contributed by atoms with Gasteiger partial charge in [0.2, 0.25) is 5.95 Å². The molecular formula is C20H22FN3O. The van der Waals surface area contributed by atoms with Crippen LogP contribution in [0.3, 0.4) is 0 Å². The van der Waals surface area contributed by atoms with Crippen LogP contribution in [-0.4, -0.2) is 34.4 Å². The number of rotatable bonds is 4. The van der Waals surface area contributed by atoms with Crippen LogP contribution in [0.2, 0.25) is 0 Å². The quantitative estimate of drug-likeness (QED) is 0.792. The van der Waals surface area contributed by atoms with Crippen LogP contribution in [0, 0.1) is 11.7 Å². The van der Waals surface area contributed by atoms with Crippen LogP contribution in [-0.2, 0) is 6.54 Å². The second kappa shape index (κ2) is 6.84. The van der Waals surface area contributed by atoms with Gasteiger partial charge in [-0.1, -0.05) is 30.3 Å². The molecule has 0 bridgehead atoms. The molecule has 0 unspecified atom stereocenters. The Morgan fingerprint density at radius 2 is 1.76 bits per heavy atom. The maximum atomic E-state index is 14.2. The predicted octanol–water partition coefficient (Wildman–Crippen LogP) is 3.43. The number of para-hydroxylation sites is 2. The molecule has 0 spiro atoms. The van der Waals surface area contributed by atoms with Gasteiger partial charge in [0.15, 0.2) is 0 Å². The number of halogens is 1. The Hall–Kier alpha value is -2.40. The first-order chi connectivity index (χ1) is 12.3. The number of fused-ring (bicyclic) bond motifs is 1. The zero-order valence-corrected chi connectivity index (χ0v) is 14.1. The zero-order chi connectivity index (χ0) is 17.2. The first-order valence-corrected chi connectivity index (χ1v) is 8.80. The molecule has 1 N–H and O–H groups in total. The van der Waals surface area contributed by atoms with Crippen molar-refractivity contribution in [3.05, 3.63) is 59.9 Å². The minimum Gasteiger partial charge on any atom is -0.396 e. The Labute approximate surface area is 146 Å². The van der Waals surface area contributed by atoms with E-state index in [9.17, 15) is 9.50 Å². The topological polar surface area (TPSA) is 41.3 Å². The molecule has 1 aliphatic heterocycles. The summed E-state index contributed by atoms with van der Waals surface area (Å²) in [6, 6.07) is 14.9. The first-order valence-electron chi connectivity index (χ1n) is 8.80. The average Bonchev–Trinajstić information content (AvgIpc) is 3.02. The highest BCUT2D eigenvalue weighted by Gasteiger charge is 2.23. The molecule has 5 heteroatoms. The first kappa shape index (κ1) is 16.1. The summed E-state index contributed by atoms with van der Waals surface area (Å²) in [6.45, 7) is 2.44. The lowest BCUT2D eigenvalue weighted by atomic mass is 9.98. The van der Waals surface area contributed by atoms with Crippen LogP contribution in [0.4, 0.5) is 10.3 Å². The summed E-state index contributed by atoms with van der Waals surface area (Å²) in [5.41, 5.74) is 2.61. The molecule has 1 aliphatic rings. The molecule has 3 aromatic rings. The SMILES string of the molecule is OCC1CCN(c2nc3ccccc3n2Cc2ccccc2F)CC1. The summed E-state index contributed by atoms with van der Waals surface area (Å²) in [7, 11) is 0. The molecule has 1 saturated heterocycles. The lowest BCUT2D eigenvalue weighted by Crippen LogP contribution is -2.36. The van der Waals surface area contributed by atoms with Crippen molar-refractivity contribution < 1.29 is 9.50 Å². The summed E-state index contributed by atoms with van der Waals surface area (Å²) in [5.74, 6) is 1.08. The Balaban J connectivity index is 1.73. The number of benzene rings is 2. The molecule has 25 heavy (non-hydrogen) atoms. The molecule has 1 aromatic heterocycles. The van der Waals surface area contributed by atoms with Crippen molar-refractivity contribution in [3.8, 4) is 0 Å². The maximum Gasteiger partial charge on any atom is 0.206 e. The highest BCUT2D eigenvalue weighted by atomic mass is 19.1. The molecule has 0 radical (unpaired) electrons. The third kappa shape index (κ3) is 3.12. The van der Waals surface area contributed by atoms with Gasteiger partial charge >= 0.3 is 0 Å². The molecule has 0 atom stereocenters. The van der Waals surface area contributed by atoms with Gasteiger partial charge in [0.05, 0.1) is 17.6 Å². The van der Waals surface area contributed by atoms with Gasteiger partial charge in [0.25, 0.3) is 0 Å². The monoisotopic (exact) mass is 339 g/mol. The van der Waals surface area contributed by atoms with Crippen molar-refractivity contribution in [1.29, 1.82) is 0 Å². The molecular weight excluding hydrogens is 317 g/mol. The van der Waals surface area contributed by atoms with E-state index in [-0.39, 0.29) is 12.4 Å². The van der Waals surface area contributed by atoms with Gasteiger partial charge < -0.3 is 14.6 Å². The van der Waals surface area contributed by atoms with Crippen LogP contribution >= 0.6 is 0 Å². The highest BCUT2D eigenvalue weighted by molar-refractivity contribution is 5.79. The van der Waals surface area contributed by atoms with Crippen LogP contribution in [0.15, 0.2) is 48.5 Å². The Kier molecular flexibility index (Phi) is 4.40. The van der Waals surface area contributed by atoms with E-state index in [1.54, 1.807) is 6.07 Å². The molecule has 1 fully saturated rings. The summed E-state index contributed by atoms with van der Waals surface area (Å²) >= 11 is 0. The second-order valence-corrected chi connectivity index (χ2v) is 6.69. The van der Waals surface area contributed by atoms with E-state index in [1.807, 2.05) is 36.4 Å². The third-order valence-electron chi connectivity index (χ3n) is 5.08. The van der Waals surface area contributed by atoms with Crippen molar-refractivity contribution in [3.63, 3.8) is 0 Å². The van der Waals surface area contributed by atoms with E-state index in [0.717, 1.165) is 42.9 Å². The van der Waals surface area contributed by atoms with Gasteiger partial charge in [-0.05, 0) is 37.0 Å². The van der Waals surface area contributed by atoms with E-state index in [1.165, 1.54) is 6.07 Å². The smallest absolute Gasteiger partial charge is 0.206 e. The van der Waals surface area contributed by atoms with Crippen molar-refractivity contribution in [1.82, 2.24) is 9.55 Å². The summed E-state index contributed by atoms with van der Waals surface area (Å²) in [4.78, 5) is 7.07. The van der Waals surface area contributed by atoms with Gasteiger partial charge in [0.1, 0.15) is 5.82 Å². The summed E-state index contributed by atoms with van der Waals surface area (Å²) in [5, 5.41) is 9.36. The van der Waals surface area contributed by atoms with Crippen LogP contribution in [0.1, 0.15) is 18.4 Å². The number of hydrogen-bond donors (Lipinski definition) is 1. The lowest BCUT2D eigenvalue weighted by Gasteiger charge is -2.32. The van der Waals surface area contributed by atoms with Crippen molar-refractivity contribution >= 4 is 17.0 Å². The predicted molar refractivity (Wildman–Crippen MR) is 97.3 cm³/mol. The Bertz CT molecular complexity index is 868. The number of piperidine rings is 1. The number of aliphatic hydroxyl groups excluding tert-OH is 1. The fourth-order valence-corrected chi connectivity index (χ4v) is 3.57. The number of aliphatic hydroxyl groups is 1. The molecule has 2 aromatic carbocycles. The van der Waals surface area contributed by atoms with E-state index in [2.05, 4.69) is 9.47 Å². The maximum absolute atomic E-state index is 14.2. The van der Waals surface area contributed by atoms with Crippen LogP contribution in [0.5, 0.6) is 0 Å². The molecule has 2 heterocycles. The average molecular weight is 339 g/mol. The Morgan fingerprint density at radius 3 is 2.52 bits per heavy atom. The molecule has 130 valence electrons. The summed E-state index contributed by atoms with van der Waals surface area (Å²) < 4.78 is 16.3. The molecule has 0 amide bonds. The normalized spacial score (nSPS) is 15.8. The van der Waals surface area contributed by atoms with Gasteiger partial charge in [0, 0.05) is 25.3 Å². The standard InChI is InChI=1S/C20H22FN3O/c21-17-6-2-1-5-16(17)13-24-19-8-4-3-7-18(19)22-20(24)23-11-9-15(14-25)10-12-23/h1-8,15,25H,9-14H2. The summed E-state index contributed by atoms with van der Waals surface area (Å²) in [6.07, 6.45) is 1.92. The minimum absolute atomic E-state index is 0.190. The number of anilines is 1. The molecule has 0 aliphatic carbocycles. The van der Waals surface area contributed by atoms with Crippen molar-refractivity contribution in [2.75, 3.05) is 24.6 Å². The number of hydrogen-bond acceptors (Lipinski definition) is 3. The molecule has 0 saturated carbocycles. The second-order valence-electron chi connectivity index (χ2n) is 6.69. The lowest BCUT2D eigenvalue weighted by molar-refractivity contribution is 0.202. The highest BCUT2D eigenvalue weighted by Crippen LogP contribution is 2.28. The van der Waals surface area contributed by atoms with Gasteiger partial charge in [-0.25, -0.2) is 9.37 Å². The van der Waals surface area contributed by atoms with Gasteiger partial charge in [-0.2, -0.15) is 0 Å². The van der Waals surface area contributed by atoms with E-state index in [4.69, 9.17) is 4.98 Å². The van der Waals surface area contributed by atoms with Gasteiger partial charge in [-0.3, -0.25) is 0 Å². The van der Waals surface area contributed by atoms with Crippen molar-refractivity contribution in [2.24, 2.45) is 5.92 Å². The largest absolute Gasteiger partial charge is 0.396 e. The number of aromatic nitrogens is 2. The van der Waals surface area contributed by atoms with Gasteiger partial charge in [-0.15, -0.1) is 0 Å². The van der Waals surface area contributed by atoms with E-state index < -0.39 is 0 Å². The van der Waals surface area contributed by atoms with Crippen LogP contribution in [0.25, 0.3) is 11.0 Å². The number of imidazole rings is 1. The third-order valence-corrected chi connectivity index (χ3v) is 5.08. The molecule has 4 rings (SSSR count). The molecule has 4 nitrogen and oxygen atoms in total.